The van der Waals surface area contributed by atoms with Crippen LogP contribution >= 0.6 is 7.82 Å². The van der Waals surface area contributed by atoms with Crippen LogP contribution in [0.25, 0.3) is 0 Å². The maximum atomic E-state index is 12.7. The van der Waals surface area contributed by atoms with Gasteiger partial charge < -0.3 is 18.9 Å². The van der Waals surface area contributed by atoms with E-state index in [2.05, 4.69) is 86.8 Å². The minimum absolute atomic E-state index is 0.0179. The molecular formula is C46H81NO8P+. The summed E-state index contributed by atoms with van der Waals surface area (Å²) in [5, 5.41) is 0. The third kappa shape index (κ3) is 41.1. The Morgan fingerprint density at radius 3 is 1.59 bits per heavy atom. The SMILES string of the molecule is CC/C=C\C/C=C\C/C=C\C/C=C\C/C=C\CCCC(=O)OC[C@H](COP(=O)(O)OCC[N+](C)(C)C)OC(=O)CCCCCCC/C=C\CCCCCCCC. The summed E-state index contributed by atoms with van der Waals surface area (Å²) in [7, 11) is 1.43. The third-order valence-corrected chi connectivity index (χ3v) is 9.70. The number of hydrogen-bond donors (Lipinski definition) is 1. The first-order valence-corrected chi connectivity index (χ1v) is 23.2. The van der Waals surface area contributed by atoms with Crippen LogP contribution < -0.4 is 0 Å². The standard InChI is InChI=1S/C46H80NO8P/c1-6-8-10-12-14-16-18-20-22-23-25-26-28-30-32-34-36-38-45(48)52-42-44(43-54-56(50,51)53-41-40-47(3,4)5)55-46(49)39-37-35-33-31-29-27-24-21-19-17-15-13-11-9-7-2/h8,10,14,16,20-22,24-26,30,32,44H,6-7,9,11-13,15,17-19,23,27-29,31,33-43H2,1-5H3/p+1/b10-8-,16-14-,22-20-,24-21-,26-25-,32-30-/t44-/m1/s1. The van der Waals surface area contributed by atoms with Gasteiger partial charge in [0.15, 0.2) is 6.10 Å². The topological polar surface area (TPSA) is 108 Å². The number of unbranched alkanes of at least 4 members (excludes halogenated alkanes) is 12. The number of carbonyl (C=O) groups excluding carboxylic acids is 2. The van der Waals surface area contributed by atoms with Gasteiger partial charge in [0.1, 0.15) is 19.8 Å². The fraction of sp³-hybridized carbons (Fsp3) is 0.696. The molecule has 322 valence electrons. The second-order valence-electron chi connectivity index (χ2n) is 15.3. The Balaban J connectivity index is 4.49. The summed E-state index contributed by atoms with van der Waals surface area (Å²) in [5.74, 6) is -0.883. The molecule has 2 atom stereocenters. The molecule has 0 aromatic carbocycles. The highest BCUT2D eigenvalue weighted by molar-refractivity contribution is 7.47. The Kier molecular flexibility index (Phi) is 36.3. The number of carbonyl (C=O) groups is 2. The van der Waals surface area contributed by atoms with Crippen molar-refractivity contribution in [2.75, 3.05) is 47.5 Å². The molecule has 10 heteroatoms. The number of esters is 2. The predicted molar refractivity (Wildman–Crippen MR) is 233 cm³/mol. The molecule has 0 saturated heterocycles. The molecule has 0 fully saturated rings. The molecule has 0 radical (unpaired) electrons. The Morgan fingerprint density at radius 1 is 0.571 bits per heavy atom. The first kappa shape index (κ1) is 53.5. The molecule has 0 heterocycles. The van der Waals surface area contributed by atoms with E-state index in [9.17, 15) is 19.0 Å². The predicted octanol–water partition coefficient (Wildman–Crippen LogP) is 12.2. The van der Waals surface area contributed by atoms with Crippen LogP contribution in [0.5, 0.6) is 0 Å². The zero-order valence-corrected chi connectivity index (χ0v) is 37.0. The lowest BCUT2D eigenvalue weighted by Crippen LogP contribution is -2.37. The molecule has 56 heavy (non-hydrogen) atoms. The van der Waals surface area contributed by atoms with E-state index in [1.54, 1.807) is 0 Å². The van der Waals surface area contributed by atoms with Gasteiger partial charge in [-0.25, -0.2) is 4.57 Å². The second kappa shape index (κ2) is 38.0. The number of quaternary nitrogens is 1. The molecule has 0 aromatic rings. The molecule has 0 aliphatic rings. The summed E-state index contributed by atoms with van der Waals surface area (Å²) >= 11 is 0. The van der Waals surface area contributed by atoms with Gasteiger partial charge in [-0.05, 0) is 77.0 Å². The van der Waals surface area contributed by atoms with Gasteiger partial charge in [-0.15, -0.1) is 0 Å². The lowest BCUT2D eigenvalue weighted by atomic mass is 10.1. The molecule has 0 aromatic heterocycles. The minimum atomic E-state index is -4.39. The molecule has 0 spiro atoms. The molecule has 0 bridgehead atoms. The molecule has 9 nitrogen and oxygen atoms in total. The van der Waals surface area contributed by atoms with Crippen molar-refractivity contribution in [3.05, 3.63) is 72.9 Å². The molecule has 0 saturated carbocycles. The molecule has 1 N–H and O–H groups in total. The lowest BCUT2D eigenvalue weighted by Gasteiger charge is -2.24. The zero-order valence-electron chi connectivity index (χ0n) is 36.1. The number of phosphoric acid groups is 1. The van der Waals surface area contributed by atoms with E-state index in [0.29, 0.717) is 23.9 Å². The first-order valence-electron chi connectivity index (χ1n) is 21.7. The van der Waals surface area contributed by atoms with E-state index in [1.807, 2.05) is 21.1 Å². The number of ether oxygens (including phenoxy) is 2. The fourth-order valence-electron chi connectivity index (χ4n) is 5.34. The van der Waals surface area contributed by atoms with Crippen molar-refractivity contribution in [2.45, 2.75) is 161 Å². The van der Waals surface area contributed by atoms with Gasteiger partial charge in [0.05, 0.1) is 27.7 Å². The lowest BCUT2D eigenvalue weighted by molar-refractivity contribution is -0.870. The number of allylic oxidation sites excluding steroid dienone is 12. The third-order valence-electron chi connectivity index (χ3n) is 8.72. The molecule has 0 aliphatic heterocycles. The maximum absolute atomic E-state index is 12.7. The highest BCUT2D eigenvalue weighted by Gasteiger charge is 2.27. The van der Waals surface area contributed by atoms with E-state index in [4.69, 9.17) is 18.5 Å². The van der Waals surface area contributed by atoms with E-state index in [0.717, 1.165) is 70.6 Å². The summed E-state index contributed by atoms with van der Waals surface area (Å²) in [6.07, 6.45) is 46.7. The number of nitrogens with zero attached hydrogens (tertiary/aromatic N) is 1. The second-order valence-corrected chi connectivity index (χ2v) is 16.8. The Morgan fingerprint density at radius 2 is 1.04 bits per heavy atom. The largest absolute Gasteiger partial charge is 0.472 e. The Labute approximate surface area is 342 Å². The summed E-state index contributed by atoms with van der Waals surface area (Å²) in [6.45, 7) is 4.21. The fourth-order valence-corrected chi connectivity index (χ4v) is 6.08. The van der Waals surface area contributed by atoms with Crippen molar-refractivity contribution in [3.8, 4) is 0 Å². The van der Waals surface area contributed by atoms with Gasteiger partial charge >= 0.3 is 19.8 Å². The Bertz CT molecular complexity index is 1180. The average molecular weight is 807 g/mol. The van der Waals surface area contributed by atoms with Crippen LogP contribution in [0.2, 0.25) is 0 Å². The van der Waals surface area contributed by atoms with E-state index < -0.39 is 32.5 Å². The molecule has 0 amide bonds. The highest BCUT2D eigenvalue weighted by atomic mass is 31.2. The summed E-state index contributed by atoms with van der Waals surface area (Å²) in [6, 6.07) is 0. The first-order chi connectivity index (χ1) is 27.0. The monoisotopic (exact) mass is 807 g/mol. The number of hydrogen-bond acceptors (Lipinski definition) is 7. The highest BCUT2D eigenvalue weighted by Crippen LogP contribution is 2.43. The molecule has 1 unspecified atom stereocenters. The summed E-state index contributed by atoms with van der Waals surface area (Å²) < 4.78 is 34.2. The van der Waals surface area contributed by atoms with E-state index in [-0.39, 0.29) is 26.1 Å². The number of rotatable bonds is 38. The van der Waals surface area contributed by atoms with Crippen molar-refractivity contribution < 1.29 is 42.1 Å². The normalized spacial score (nSPS) is 14.3. The van der Waals surface area contributed by atoms with Crippen molar-refractivity contribution in [2.24, 2.45) is 0 Å². The van der Waals surface area contributed by atoms with Crippen molar-refractivity contribution in [3.63, 3.8) is 0 Å². The summed E-state index contributed by atoms with van der Waals surface area (Å²) in [5.41, 5.74) is 0. The quantitative estimate of drug-likeness (QED) is 0.0216. The number of likely N-dealkylation sites (N-methyl/N-ethyl adjacent to an activating group) is 1. The van der Waals surface area contributed by atoms with Crippen LogP contribution in [0.3, 0.4) is 0 Å². The van der Waals surface area contributed by atoms with E-state index >= 15 is 0 Å². The Hall–Kier alpha value is -2.55. The van der Waals surface area contributed by atoms with Gasteiger partial charge in [-0.1, -0.05) is 138 Å². The number of phosphoric ester groups is 1. The minimum Gasteiger partial charge on any atom is -0.462 e. The summed E-state index contributed by atoms with van der Waals surface area (Å²) in [4.78, 5) is 35.3. The van der Waals surface area contributed by atoms with Crippen molar-refractivity contribution in [1.82, 2.24) is 0 Å². The van der Waals surface area contributed by atoms with Crippen LogP contribution in [-0.2, 0) is 32.7 Å². The van der Waals surface area contributed by atoms with Crippen LogP contribution in [0.4, 0.5) is 0 Å². The van der Waals surface area contributed by atoms with Gasteiger partial charge in [0.2, 0.25) is 0 Å². The van der Waals surface area contributed by atoms with Crippen molar-refractivity contribution in [1.29, 1.82) is 0 Å². The maximum Gasteiger partial charge on any atom is 0.472 e. The van der Waals surface area contributed by atoms with Crippen LogP contribution in [0.15, 0.2) is 72.9 Å². The smallest absolute Gasteiger partial charge is 0.462 e. The molecule has 0 rings (SSSR count). The van der Waals surface area contributed by atoms with E-state index in [1.165, 1.54) is 44.9 Å². The molecular weight excluding hydrogens is 725 g/mol. The van der Waals surface area contributed by atoms with Crippen LogP contribution in [-0.4, -0.2) is 74.9 Å². The van der Waals surface area contributed by atoms with Gasteiger partial charge in [-0.2, -0.15) is 0 Å². The van der Waals surface area contributed by atoms with Gasteiger partial charge in [0, 0.05) is 12.8 Å². The van der Waals surface area contributed by atoms with Crippen LogP contribution in [0.1, 0.15) is 155 Å². The zero-order chi connectivity index (χ0) is 41.4. The van der Waals surface area contributed by atoms with Crippen molar-refractivity contribution >= 4 is 19.8 Å². The molecule has 0 aliphatic carbocycles. The van der Waals surface area contributed by atoms with Crippen LogP contribution in [0, 0.1) is 0 Å². The van der Waals surface area contributed by atoms with Gasteiger partial charge in [-0.3, -0.25) is 18.6 Å². The van der Waals surface area contributed by atoms with Gasteiger partial charge in [0.25, 0.3) is 0 Å². The average Bonchev–Trinajstić information content (AvgIpc) is 3.15.